The van der Waals surface area contributed by atoms with E-state index >= 15 is 0 Å². The van der Waals surface area contributed by atoms with Crippen molar-refractivity contribution in [1.82, 2.24) is 4.98 Å². The van der Waals surface area contributed by atoms with Gasteiger partial charge in [-0.15, -0.1) is 0 Å². The van der Waals surface area contributed by atoms with Gasteiger partial charge < -0.3 is 15.8 Å². The molecule has 4 nitrogen and oxygen atoms in total. The first kappa shape index (κ1) is 15.9. The van der Waals surface area contributed by atoms with Gasteiger partial charge in [0.05, 0.1) is 17.8 Å². The van der Waals surface area contributed by atoms with Gasteiger partial charge in [-0.1, -0.05) is 18.5 Å². The summed E-state index contributed by atoms with van der Waals surface area (Å²) in [5.74, 6) is 2.21. The number of halogens is 1. The molecule has 2 aromatic rings. The number of pyridine rings is 1. The van der Waals surface area contributed by atoms with E-state index in [1.54, 1.807) is 19.4 Å². The van der Waals surface area contributed by atoms with Gasteiger partial charge in [0.2, 0.25) is 0 Å². The summed E-state index contributed by atoms with van der Waals surface area (Å²) in [4.78, 5) is 4.42. The molecule has 3 rings (SSSR count). The summed E-state index contributed by atoms with van der Waals surface area (Å²) in [7, 11) is 1.62. The zero-order chi connectivity index (χ0) is 16.4. The molecule has 122 valence electrons. The van der Waals surface area contributed by atoms with Crippen molar-refractivity contribution < 1.29 is 4.74 Å². The second-order valence-electron chi connectivity index (χ2n) is 5.96. The Morgan fingerprint density at radius 2 is 2.13 bits per heavy atom. The van der Waals surface area contributed by atoms with E-state index in [0.717, 1.165) is 35.0 Å². The van der Waals surface area contributed by atoms with Gasteiger partial charge >= 0.3 is 0 Å². The average Bonchev–Trinajstić information content (AvgIpc) is 3.39. The number of aromatic nitrogens is 1. The standard InChI is InChI=1S/C18H22ClN3O/c1-3-16(11-4-5-11)22-18-17(20)14(8-9-21-18)13-7-6-12(23-2)10-15(13)19/h6-11,16H,3-5,20H2,1-2H3,(H,21,22). The fraction of sp³-hybridized carbons (Fsp3) is 0.389. The van der Waals surface area contributed by atoms with Crippen LogP contribution in [0.15, 0.2) is 30.5 Å². The molecular formula is C18H22ClN3O. The molecule has 0 spiro atoms. The molecule has 0 bridgehead atoms. The number of anilines is 2. The summed E-state index contributed by atoms with van der Waals surface area (Å²) >= 11 is 6.38. The Balaban J connectivity index is 1.93. The monoisotopic (exact) mass is 331 g/mol. The lowest BCUT2D eigenvalue weighted by Gasteiger charge is -2.19. The van der Waals surface area contributed by atoms with Crippen LogP contribution in [0.2, 0.25) is 5.02 Å². The summed E-state index contributed by atoms with van der Waals surface area (Å²) in [6, 6.07) is 7.93. The van der Waals surface area contributed by atoms with E-state index in [1.807, 2.05) is 18.2 Å². The van der Waals surface area contributed by atoms with Gasteiger partial charge in [0.15, 0.2) is 0 Å². The summed E-state index contributed by atoms with van der Waals surface area (Å²) in [5.41, 5.74) is 8.77. The molecule has 1 fully saturated rings. The summed E-state index contributed by atoms with van der Waals surface area (Å²) < 4.78 is 5.20. The molecule has 0 saturated heterocycles. The molecule has 3 N–H and O–H groups in total. The Morgan fingerprint density at radius 3 is 2.74 bits per heavy atom. The molecule has 1 saturated carbocycles. The van der Waals surface area contributed by atoms with Crippen LogP contribution >= 0.6 is 11.6 Å². The minimum atomic E-state index is 0.436. The topological polar surface area (TPSA) is 60.2 Å². The minimum absolute atomic E-state index is 0.436. The predicted octanol–water partition coefficient (Wildman–Crippen LogP) is 4.59. The maximum absolute atomic E-state index is 6.38. The number of hydrogen-bond donors (Lipinski definition) is 2. The highest BCUT2D eigenvalue weighted by Gasteiger charge is 2.30. The molecule has 1 aliphatic carbocycles. The van der Waals surface area contributed by atoms with E-state index < -0.39 is 0 Å². The van der Waals surface area contributed by atoms with Crippen molar-refractivity contribution in [2.75, 3.05) is 18.2 Å². The second-order valence-corrected chi connectivity index (χ2v) is 6.37. The number of nitrogens with two attached hydrogens (primary N) is 1. The van der Waals surface area contributed by atoms with Crippen molar-refractivity contribution in [3.8, 4) is 16.9 Å². The number of rotatable bonds is 6. The molecule has 1 aliphatic rings. The van der Waals surface area contributed by atoms with Crippen molar-refractivity contribution in [3.63, 3.8) is 0 Å². The highest BCUT2D eigenvalue weighted by atomic mass is 35.5. The highest BCUT2D eigenvalue weighted by molar-refractivity contribution is 6.33. The van der Waals surface area contributed by atoms with Gasteiger partial charge in [-0.2, -0.15) is 0 Å². The van der Waals surface area contributed by atoms with Crippen molar-refractivity contribution in [1.29, 1.82) is 0 Å². The third-order valence-corrected chi connectivity index (χ3v) is 4.72. The minimum Gasteiger partial charge on any atom is -0.497 e. The van der Waals surface area contributed by atoms with Gasteiger partial charge in [0, 0.05) is 23.4 Å². The first-order valence-electron chi connectivity index (χ1n) is 7.99. The molecule has 1 unspecified atom stereocenters. The average molecular weight is 332 g/mol. The van der Waals surface area contributed by atoms with Crippen LogP contribution in [0.5, 0.6) is 5.75 Å². The van der Waals surface area contributed by atoms with Crippen LogP contribution in [-0.4, -0.2) is 18.1 Å². The normalized spacial score (nSPS) is 15.3. The fourth-order valence-electron chi connectivity index (χ4n) is 2.89. The van der Waals surface area contributed by atoms with Crippen LogP contribution in [-0.2, 0) is 0 Å². The van der Waals surface area contributed by atoms with Crippen LogP contribution < -0.4 is 15.8 Å². The molecule has 1 atom stereocenters. The van der Waals surface area contributed by atoms with Crippen LogP contribution in [0.1, 0.15) is 26.2 Å². The maximum atomic E-state index is 6.38. The van der Waals surface area contributed by atoms with Crippen molar-refractivity contribution >= 4 is 23.1 Å². The van der Waals surface area contributed by atoms with Crippen LogP contribution in [0, 0.1) is 5.92 Å². The van der Waals surface area contributed by atoms with E-state index in [-0.39, 0.29) is 0 Å². The van der Waals surface area contributed by atoms with E-state index in [1.165, 1.54) is 12.8 Å². The molecule has 1 aromatic carbocycles. The summed E-state index contributed by atoms with van der Waals surface area (Å²) in [6.45, 7) is 2.19. The largest absolute Gasteiger partial charge is 0.497 e. The molecule has 23 heavy (non-hydrogen) atoms. The first-order chi connectivity index (χ1) is 11.1. The van der Waals surface area contributed by atoms with E-state index in [0.29, 0.717) is 16.8 Å². The first-order valence-corrected chi connectivity index (χ1v) is 8.36. The van der Waals surface area contributed by atoms with Crippen LogP contribution in [0.4, 0.5) is 11.5 Å². The SMILES string of the molecule is CCC(Nc1nccc(-c2ccc(OC)cc2Cl)c1N)C1CC1. The van der Waals surface area contributed by atoms with Crippen LogP contribution in [0.25, 0.3) is 11.1 Å². The van der Waals surface area contributed by atoms with Gasteiger partial charge in [-0.25, -0.2) is 4.98 Å². The number of methoxy groups -OCH3 is 1. The van der Waals surface area contributed by atoms with Gasteiger partial charge in [-0.3, -0.25) is 0 Å². The molecule has 0 radical (unpaired) electrons. The smallest absolute Gasteiger partial charge is 0.150 e. The van der Waals surface area contributed by atoms with Gasteiger partial charge in [-0.05, 0) is 49.4 Å². The maximum Gasteiger partial charge on any atom is 0.150 e. The number of hydrogen-bond acceptors (Lipinski definition) is 4. The molecule has 1 aromatic heterocycles. The van der Waals surface area contributed by atoms with Crippen molar-refractivity contribution in [2.24, 2.45) is 5.92 Å². The fourth-order valence-corrected chi connectivity index (χ4v) is 3.16. The lowest BCUT2D eigenvalue weighted by molar-refractivity contribution is 0.415. The lowest BCUT2D eigenvalue weighted by Crippen LogP contribution is -2.22. The Labute approximate surface area is 142 Å². The number of nitrogens with zero attached hydrogens (tertiary/aromatic N) is 1. The Hall–Kier alpha value is -1.94. The van der Waals surface area contributed by atoms with E-state index in [2.05, 4.69) is 17.2 Å². The highest BCUT2D eigenvalue weighted by Crippen LogP contribution is 2.39. The van der Waals surface area contributed by atoms with E-state index in [9.17, 15) is 0 Å². The van der Waals surface area contributed by atoms with Crippen molar-refractivity contribution in [3.05, 3.63) is 35.5 Å². The zero-order valence-corrected chi connectivity index (χ0v) is 14.2. The number of benzene rings is 1. The molecule has 0 amide bonds. The number of nitrogens with one attached hydrogen (secondary N) is 1. The predicted molar refractivity (Wildman–Crippen MR) is 96.1 cm³/mol. The third-order valence-electron chi connectivity index (χ3n) is 4.41. The lowest BCUT2D eigenvalue weighted by atomic mass is 10.0. The summed E-state index contributed by atoms with van der Waals surface area (Å²) in [5, 5.41) is 4.12. The molecular weight excluding hydrogens is 310 g/mol. The van der Waals surface area contributed by atoms with E-state index in [4.69, 9.17) is 22.1 Å². The van der Waals surface area contributed by atoms with Crippen molar-refractivity contribution in [2.45, 2.75) is 32.2 Å². The van der Waals surface area contributed by atoms with Gasteiger partial charge in [0.25, 0.3) is 0 Å². The second kappa shape index (κ2) is 6.67. The Morgan fingerprint density at radius 1 is 1.35 bits per heavy atom. The third kappa shape index (κ3) is 3.37. The quantitative estimate of drug-likeness (QED) is 0.812. The number of ether oxygens (including phenoxy) is 1. The Bertz CT molecular complexity index is 701. The zero-order valence-electron chi connectivity index (χ0n) is 13.5. The molecule has 0 aliphatic heterocycles. The molecule has 1 heterocycles. The van der Waals surface area contributed by atoms with Crippen LogP contribution in [0.3, 0.4) is 0 Å². The molecule has 5 heteroatoms. The van der Waals surface area contributed by atoms with Gasteiger partial charge in [0.1, 0.15) is 11.6 Å². The Kier molecular flexibility index (Phi) is 4.62. The number of nitrogen functional groups attached to an aromatic ring is 1. The summed E-state index contributed by atoms with van der Waals surface area (Å²) in [6.07, 6.45) is 5.42.